The number of hydrogen-bond donors (Lipinski definition) is 1. The van der Waals surface area contributed by atoms with E-state index in [4.69, 9.17) is 9.84 Å². The Hall–Kier alpha value is -3.86. The molecule has 2 heterocycles. The fourth-order valence-corrected chi connectivity index (χ4v) is 5.26. The van der Waals surface area contributed by atoms with Crippen molar-refractivity contribution in [1.82, 2.24) is 4.98 Å². The van der Waals surface area contributed by atoms with Crippen LogP contribution in [0.15, 0.2) is 71.8 Å². The first-order valence-corrected chi connectivity index (χ1v) is 12.3. The van der Waals surface area contributed by atoms with Gasteiger partial charge >= 0.3 is 12.1 Å². The number of ether oxygens (including phenoxy) is 1. The van der Waals surface area contributed by atoms with E-state index in [1.165, 1.54) is 0 Å². The topological polar surface area (TPSA) is 96.8 Å². The summed E-state index contributed by atoms with van der Waals surface area (Å²) < 4.78 is 73.7. The van der Waals surface area contributed by atoms with Crippen LogP contribution >= 0.6 is 0 Å². The number of anilines is 1. The molecule has 7 nitrogen and oxygen atoms in total. The molecule has 0 aliphatic carbocycles. The molecule has 1 aliphatic rings. The highest BCUT2D eigenvalue weighted by molar-refractivity contribution is 7.92. The van der Waals surface area contributed by atoms with E-state index >= 15 is 0 Å². The molecule has 0 fully saturated rings. The first-order valence-electron chi connectivity index (χ1n) is 10.9. The van der Waals surface area contributed by atoms with Gasteiger partial charge in [0, 0.05) is 12.6 Å². The van der Waals surface area contributed by atoms with Crippen molar-refractivity contribution in [3.8, 4) is 5.75 Å². The van der Waals surface area contributed by atoms with Crippen LogP contribution in [-0.4, -0.2) is 37.1 Å². The lowest BCUT2D eigenvalue weighted by atomic mass is 10.1. The van der Waals surface area contributed by atoms with Gasteiger partial charge in [0.05, 0.1) is 28.4 Å². The van der Waals surface area contributed by atoms with Crippen LogP contribution in [0.2, 0.25) is 0 Å². The van der Waals surface area contributed by atoms with Gasteiger partial charge in [0.25, 0.3) is 10.0 Å². The normalized spacial score (nSPS) is 16.0. The predicted octanol–water partition coefficient (Wildman–Crippen LogP) is 5.09. The number of alkyl halides is 3. The summed E-state index contributed by atoms with van der Waals surface area (Å²) in [4.78, 5) is 14.7. The SMILES string of the molecule is O=C(O)CC[C@H]1CN(S(=O)(=O)c2cccc(C(F)(F)F)c2)c2cc(/C=C/c3ccccn3)ccc2O1. The highest BCUT2D eigenvalue weighted by atomic mass is 32.2. The number of sulfonamides is 1. The van der Waals surface area contributed by atoms with E-state index in [9.17, 15) is 26.4 Å². The monoisotopic (exact) mass is 518 g/mol. The van der Waals surface area contributed by atoms with Gasteiger partial charge in [0.2, 0.25) is 0 Å². The van der Waals surface area contributed by atoms with Crippen molar-refractivity contribution < 1.29 is 36.2 Å². The number of benzene rings is 2. The van der Waals surface area contributed by atoms with E-state index in [2.05, 4.69) is 4.98 Å². The molecule has 1 N–H and O–H groups in total. The number of aliphatic carboxylic acids is 1. The molecule has 1 aliphatic heterocycles. The lowest BCUT2D eigenvalue weighted by Gasteiger charge is -2.35. The molecule has 0 saturated carbocycles. The third-order valence-corrected chi connectivity index (χ3v) is 7.25. The number of nitrogens with zero attached hydrogens (tertiary/aromatic N) is 2. The number of pyridine rings is 1. The van der Waals surface area contributed by atoms with Gasteiger partial charge in [0.1, 0.15) is 11.9 Å². The van der Waals surface area contributed by atoms with Crippen LogP contribution in [0.4, 0.5) is 18.9 Å². The second-order valence-electron chi connectivity index (χ2n) is 8.05. The average Bonchev–Trinajstić information content (AvgIpc) is 2.85. The summed E-state index contributed by atoms with van der Waals surface area (Å²) in [5.41, 5.74) is 0.332. The summed E-state index contributed by atoms with van der Waals surface area (Å²) in [7, 11) is -4.44. The number of carbonyl (C=O) groups is 1. The van der Waals surface area contributed by atoms with Crippen LogP contribution in [-0.2, 0) is 21.0 Å². The summed E-state index contributed by atoms with van der Waals surface area (Å²) in [5.74, 6) is -0.895. The molecule has 3 aromatic rings. The molecule has 1 atom stereocenters. The Balaban J connectivity index is 1.75. The number of hydrogen-bond acceptors (Lipinski definition) is 5. The number of carboxylic acids is 1. The Morgan fingerprint density at radius 3 is 2.61 bits per heavy atom. The molecule has 2 aromatic carbocycles. The average molecular weight is 519 g/mol. The van der Waals surface area contributed by atoms with Crippen LogP contribution in [0.3, 0.4) is 0 Å². The Morgan fingerprint density at radius 1 is 1.11 bits per heavy atom. The van der Waals surface area contributed by atoms with Crippen LogP contribution in [0.5, 0.6) is 5.75 Å². The highest BCUT2D eigenvalue weighted by Crippen LogP contribution is 2.39. The second-order valence-corrected chi connectivity index (χ2v) is 9.91. The first kappa shape index (κ1) is 25.2. The maximum absolute atomic E-state index is 13.6. The molecule has 1 aromatic heterocycles. The number of fused-ring (bicyclic) bond motifs is 1. The highest BCUT2D eigenvalue weighted by Gasteiger charge is 2.37. The molecule has 0 saturated heterocycles. The molecule has 0 unspecified atom stereocenters. The summed E-state index contributed by atoms with van der Waals surface area (Å²) in [6, 6.07) is 13.7. The standard InChI is InChI=1S/C25H21F3N2O5S/c26-25(27,28)18-4-3-6-21(15-18)36(33,34)30-16-20(10-12-24(31)32)35-23-11-8-17(14-22(23)30)7-9-19-5-1-2-13-29-19/h1-9,11,13-15,20H,10,12,16H2,(H,31,32)/b9-7+/t20-/m0/s1. The van der Waals surface area contributed by atoms with Gasteiger partial charge in [-0.05, 0) is 60.5 Å². The Morgan fingerprint density at radius 2 is 1.92 bits per heavy atom. The van der Waals surface area contributed by atoms with Crippen LogP contribution in [0.1, 0.15) is 29.7 Å². The molecule has 0 amide bonds. The van der Waals surface area contributed by atoms with Gasteiger partial charge in [-0.25, -0.2) is 8.42 Å². The lowest BCUT2D eigenvalue weighted by molar-refractivity contribution is -0.138. The second kappa shape index (κ2) is 10.0. The third-order valence-electron chi connectivity index (χ3n) is 5.48. The maximum Gasteiger partial charge on any atom is 0.416 e. The van der Waals surface area contributed by atoms with Gasteiger partial charge in [-0.3, -0.25) is 14.1 Å². The molecular formula is C25H21F3N2O5S. The van der Waals surface area contributed by atoms with Gasteiger partial charge in [-0.15, -0.1) is 0 Å². The van der Waals surface area contributed by atoms with Gasteiger partial charge in [-0.1, -0.05) is 24.3 Å². The molecule has 11 heteroatoms. The third kappa shape index (κ3) is 5.68. The van der Waals surface area contributed by atoms with E-state index < -0.39 is 38.7 Å². The Kier molecular flexibility index (Phi) is 7.02. The van der Waals surface area contributed by atoms with E-state index in [0.29, 0.717) is 17.3 Å². The van der Waals surface area contributed by atoms with E-state index in [-0.39, 0.29) is 30.8 Å². The van der Waals surface area contributed by atoms with Crippen LogP contribution < -0.4 is 9.04 Å². The molecular weight excluding hydrogens is 497 g/mol. The zero-order valence-corrected chi connectivity index (χ0v) is 19.5. The van der Waals surface area contributed by atoms with Gasteiger partial charge in [-0.2, -0.15) is 13.2 Å². The number of halogens is 3. The molecule has 36 heavy (non-hydrogen) atoms. The lowest BCUT2D eigenvalue weighted by Crippen LogP contribution is -2.43. The smallest absolute Gasteiger partial charge is 0.416 e. The van der Waals surface area contributed by atoms with E-state index in [0.717, 1.165) is 22.5 Å². The van der Waals surface area contributed by atoms with Gasteiger partial charge < -0.3 is 9.84 Å². The first-order chi connectivity index (χ1) is 17.0. The molecule has 0 spiro atoms. The van der Waals surface area contributed by atoms with E-state index in [1.807, 2.05) is 6.07 Å². The predicted molar refractivity (Wildman–Crippen MR) is 127 cm³/mol. The summed E-state index contributed by atoms with van der Waals surface area (Å²) >= 11 is 0. The number of carboxylic acid groups (broad SMARTS) is 1. The Bertz CT molecular complexity index is 1390. The molecule has 4 rings (SSSR count). The fraction of sp³-hybridized carbons (Fsp3) is 0.200. The van der Waals surface area contributed by atoms with Crippen molar-refractivity contribution in [3.63, 3.8) is 0 Å². The maximum atomic E-state index is 13.6. The van der Waals surface area contributed by atoms with Crippen molar-refractivity contribution in [2.24, 2.45) is 0 Å². The largest absolute Gasteiger partial charge is 0.486 e. The van der Waals surface area contributed by atoms with E-state index in [1.54, 1.807) is 48.7 Å². The minimum atomic E-state index is -4.72. The van der Waals surface area contributed by atoms with Crippen molar-refractivity contribution >= 4 is 33.8 Å². The van der Waals surface area contributed by atoms with Crippen molar-refractivity contribution in [2.45, 2.75) is 30.0 Å². The minimum Gasteiger partial charge on any atom is -0.486 e. The zero-order chi connectivity index (χ0) is 25.9. The summed E-state index contributed by atoms with van der Waals surface area (Å²) in [5, 5.41) is 9.03. The van der Waals surface area contributed by atoms with Crippen molar-refractivity contribution in [3.05, 3.63) is 83.7 Å². The minimum absolute atomic E-state index is 0.0186. The summed E-state index contributed by atoms with van der Waals surface area (Å²) in [6.45, 7) is -0.258. The van der Waals surface area contributed by atoms with Crippen LogP contribution in [0.25, 0.3) is 12.2 Å². The molecule has 0 radical (unpaired) electrons. The number of aromatic nitrogens is 1. The van der Waals surface area contributed by atoms with Crippen molar-refractivity contribution in [1.29, 1.82) is 0 Å². The zero-order valence-electron chi connectivity index (χ0n) is 18.7. The Labute approximate surface area is 205 Å². The van der Waals surface area contributed by atoms with Crippen molar-refractivity contribution in [2.75, 3.05) is 10.8 Å². The quantitative estimate of drug-likeness (QED) is 0.468. The summed E-state index contributed by atoms with van der Waals surface area (Å²) in [6.07, 6.45) is -0.694. The van der Waals surface area contributed by atoms with Crippen LogP contribution in [0, 0.1) is 0 Å². The molecule has 0 bridgehead atoms. The fourth-order valence-electron chi connectivity index (χ4n) is 3.71. The number of rotatable bonds is 7. The van der Waals surface area contributed by atoms with Gasteiger partial charge in [0.15, 0.2) is 0 Å². The molecule has 188 valence electrons.